The van der Waals surface area contributed by atoms with E-state index < -0.39 is 0 Å². The largest absolute Gasteiger partial charge is 0.393 e. The van der Waals surface area contributed by atoms with Crippen molar-refractivity contribution in [1.29, 1.82) is 0 Å². The van der Waals surface area contributed by atoms with E-state index in [9.17, 15) is 5.11 Å². The van der Waals surface area contributed by atoms with Crippen molar-refractivity contribution in [2.24, 2.45) is 35.0 Å². The SMILES string of the molecule is C=C(CCC=C(C)C)C1CC(O)C2(C)C3CCC(C)C3C12. The molecule has 0 spiro atoms. The van der Waals surface area contributed by atoms with Crippen molar-refractivity contribution in [3.05, 3.63) is 23.8 Å². The molecule has 0 heterocycles. The van der Waals surface area contributed by atoms with Gasteiger partial charge in [0.2, 0.25) is 0 Å². The van der Waals surface area contributed by atoms with Gasteiger partial charge in [-0.25, -0.2) is 0 Å². The maximum atomic E-state index is 10.7. The minimum atomic E-state index is -0.0979. The van der Waals surface area contributed by atoms with Crippen molar-refractivity contribution >= 4 is 0 Å². The standard InChI is InChI=1S/C20H32O/c1-12(2)7-6-8-13(3)15-11-17(21)20(5)16-10-9-14(4)18(16)19(15)20/h7,14-19,21H,3,6,8-11H2,1-2,4-5H3. The van der Waals surface area contributed by atoms with Crippen LogP contribution in [0.2, 0.25) is 0 Å². The van der Waals surface area contributed by atoms with Gasteiger partial charge in [0.05, 0.1) is 6.10 Å². The molecule has 21 heavy (non-hydrogen) atoms. The van der Waals surface area contributed by atoms with Crippen LogP contribution in [0.4, 0.5) is 0 Å². The number of hydrogen-bond donors (Lipinski definition) is 1. The van der Waals surface area contributed by atoms with E-state index in [1.165, 1.54) is 24.0 Å². The molecule has 1 nitrogen and oxygen atoms in total. The molecule has 0 aromatic heterocycles. The van der Waals surface area contributed by atoms with E-state index in [2.05, 4.69) is 40.3 Å². The van der Waals surface area contributed by atoms with E-state index in [4.69, 9.17) is 0 Å². The molecule has 1 N–H and O–H groups in total. The molecule has 1 heteroatoms. The number of allylic oxidation sites excluding steroid dienone is 3. The highest BCUT2D eigenvalue weighted by Crippen LogP contribution is 2.73. The highest BCUT2D eigenvalue weighted by molar-refractivity contribution is 5.24. The Morgan fingerprint density at radius 3 is 2.71 bits per heavy atom. The smallest absolute Gasteiger partial charge is 0.0605 e. The molecule has 7 atom stereocenters. The van der Waals surface area contributed by atoms with Gasteiger partial charge in [-0.15, -0.1) is 0 Å². The molecule has 3 saturated carbocycles. The fraction of sp³-hybridized carbons (Fsp3) is 0.800. The van der Waals surface area contributed by atoms with Gasteiger partial charge in [0.15, 0.2) is 0 Å². The van der Waals surface area contributed by atoms with Gasteiger partial charge >= 0.3 is 0 Å². The first-order chi connectivity index (χ1) is 9.87. The molecule has 3 rings (SSSR count). The van der Waals surface area contributed by atoms with Crippen molar-refractivity contribution in [3.63, 3.8) is 0 Å². The fourth-order valence-electron chi connectivity index (χ4n) is 6.06. The third-order valence-corrected chi connectivity index (χ3v) is 7.16. The summed E-state index contributed by atoms with van der Waals surface area (Å²) in [7, 11) is 0. The van der Waals surface area contributed by atoms with Gasteiger partial charge in [0, 0.05) is 5.41 Å². The summed E-state index contributed by atoms with van der Waals surface area (Å²) < 4.78 is 0. The summed E-state index contributed by atoms with van der Waals surface area (Å²) in [5, 5.41) is 10.7. The first kappa shape index (κ1) is 15.3. The van der Waals surface area contributed by atoms with E-state index in [-0.39, 0.29) is 11.5 Å². The summed E-state index contributed by atoms with van der Waals surface area (Å²) in [5.74, 6) is 3.76. The molecule has 0 amide bonds. The number of aliphatic hydroxyl groups is 1. The van der Waals surface area contributed by atoms with Crippen LogP contribution in [0.5, 0.6) is 0 Å². The Labute approximate surface area is 130 Å². The van der Waals surface area contributed by atoms with Crippen LogP contribution in [-0.4, -0.2) is 11.2 Å². The van der Waals surface area contributed by atoms with Gasteiger partial charge in [-0.05, 0) is 69.1 Å². The van der Waals surface area contributed by atoms with Crippen LogP contribution in [0, 0.1) is 35.0 Å². The maximum absolute atomic E-state index is 10.7. The van der Waals surface area contributed by atoms with Crippen LogP contribution >= 0.6 is 0 Å². The molecule has 0 aliphatic heterocycles. The fourth-order valence-corrected chi connectivity index (χ4v) is 6.06. The summed E-state index contributed by atoms with van der Waals surface area (Å²) in [4.78, 5) is 0. The third kappa shape index (κ3) is 2.15. The Hall–Kier alpha value is -0.560. The molecule has 0 bridgehead atoms. The molecule has 0 aromatic carbocycles. The van der Waals surface area contributed by atoms with Gasteiger partial charge < -0.3 is 5.11 Å². The van der Waals surface area contributed by atoms with E-state index in [0.29, 0.717) is 11.8 Å². The van der Waals surface area contributed by atoms with Crippen molar-refractivity contribution in [2.75, 3.05) is 0 Å². The Morgan fingerprint density at radius 2 is 2.05 bits per heavy atom. The van der Waals surface area contributed by atoms with Crippen LogP contribution in [0.1, 0.15) is 59.8 Å². The highest BCUT2D eigenvalue weighted by Gasteiger charge is 2.70. The minimum absolute atomic E-state index is 0.0979. The van der Waals surface area contributed by atoms with Crippen LogP contribution in [-0.2, 0) is 0 Å². The molecule has 118 valence electrons. The molecule has 0 radical (unpaired) electrons. The molecule has 3 fully saturated rings. The summed E-state index contributed by atoms with van der Waals surface area (Å²) >= 11 is 0. The highest BCUT2D eigenvalue weighted by atomic mass is 16.3. The van der Waals surface area contributed by atoms with E-state index in [1.807, 2.05) is 0 Å². The second kappa shape index (κ2) is 5.26. The van der Waals surface area contributed by atoms with Crippen LogP contribution in [0.3, 0.4) is 0 Å². The Bertz CT molecular complexity index is 458. The summed E-state index contributed by atoms with van der Waals surface area (Å²) in [5.41, 5.74) is 2.99. The first-order valence-electron chi connectivity index (χ1n) is 8.86. The zero-order chi connectivity index (χ0) is 15.4. The molecule has 0 aromatic rings. The first-order valence-corrected chi connectivity index (χ1v) is 8.86. The lowest BCUT2D eigenvalue weighted by Gasteiger charge is -2.58. The number of rotatable bonds is 4. The monoisotopic (exact) mass is 288 g/mol. The van der Waals surface area contributed by atoms with Gasteiger partial charge in [-0.2, -0.15) is 0 Å². The van der Waals surface area contributed by atoms with Crippen molar-refractivity contribution in [1.82, 2.24) is 0 Å². The number of hydrogen-bond acceptors (Lipinski definition) is 1. The van der Waals surface area contributed by atoms with Gasteiger partial charge in [-0.3, -0.25) is 0 Å². The molecule has 3 aliphatic carbocycles. The van der Waals surface area contributed by atoms with Gasteiger partial charge in [0.25, 0.3) is 0 Å². The summed E-state index contributed by atoms with van der Waals surface area (Å²) in [6, 6.07) is 0. The molecule has 0 saturated heterocycles. The maximum Gasteiger partial charge on any atom is 0.0605 e. The predicted molar refractivity (Wildman–Crippen MR) is 88.9 cm³/mol. The normalized spacial score (nSPS) is 47.5. The number of fused-ring (bicyclic) bond motifs is 4. The zero-order valence-corrected chi connectivity index (χ0v) is 14.2. The zero-order valence-electron chi connectivity index (χ0n) is 14.2. The van der Waals surface area contributed by atoms with Gasteiger partial charge in [-0.1, -0.05) is 44.1 Å². The van der Waals surface area contributed by atoms with Crippen molar-refractivity contribution in [2.45, 2.75) is 65.9 Å². The summed E-state index contributed by atoms with van der Waals surface area (Å²) in [6.45, 7) is 13.5. The van der Waals surface area contributed by atoms with Crippen LogP contribution in [0.25, 0.3) is 0 Å². The lowest BCUT2D eigenvalue weighted by atomic mass is 9.46. The third-order valence-electron chi connectivity index (χ3n) is 7.16. The Kier molecular flexibility index (Phi) is 3.84. The quantitative estimate of drug-likeness (QED) is 0.724. The number of aliphatic hydroxyl groups excluding tert-OH is 1. The second-order valence-corrected chi connectivity index (χ2v) is 8.47. The Balaban J connectivity index is 1.73. The van der Waals surface area contributed by atoms with E-state index in [1.54, 1.807) is 0 Å². The molecule has 7 unspecified atom stereocenters. The molecular weight excluding hydrogens is 256 g/mol. The Morgan fingerprint density at radius 1 is 1.33 bits per heavy atom. The second-order valence-electron chi connectivity index (χ2n) is 8.47. The minimum Gasteiger partial charge on any atom is -0.393 e. The average molecular weight is 288 g/mol. The van der Waals surface area contributed by atoms with Crippen molar-refractivity contribution < 1.29 is 5.11 Å². The summed E-state index contributed by atoms with van der Waals surface area (Å²) in [6.07, 6.45) is 8.10. The predicted octanol–water partition coefficient (Wildman–Crippen LogP) is 4.97. The topological polar surface area (TPSA) is 20.2 Å². The van der Waals surface area contributed by atoms with E-state index in [0.717, 1.165) is 37.0 Å². The average Bonchev–Trinajstić information content (AvgIpc) is 2.84. The lowest BCUT2D eigenvalue weighted by Crippen LogP contribution is -2.57. The van der Waals surface area contributed by atoms with Crippen LogP contribution < -0.4 is 0 Å². The molecular formula is C20H32O. The van der Waals surface area contributed by atoms with Crippen LogP contribution in [0.15, 0.2) is 23.8 Å². The van der Waals surface area contributed by atoms with E-state index >= 15 is 0 Å². The van der Waals surface area contributed by atoms with Crippen molar-refractivity contribution in [3.8, 4) is 0 Å². The molecule has 3 aliphatic rings. The van der Waals surface area contributed by atoms with Gasteiger partial charge in [0.1, 0.15) is 0 Å². The lowest BCUT2D eigenvalue weighted by molar-refractivity contribution is -0.142.